The van der Waals surface area contributed by atoms with Crippen molar-refractivity contribution < 1.29 is 0 Å². The molecule has 0 amide bonds. The summed E-state index contributed by atoms with van der Waals surface area (Å²) in [5.74, 6) is 0. The molecule has 0 spiro atoms. The van der Waals surface area contributed by atoms with Gasteiger partial charge in [-0.1, -0.05) is 52.8 Å². The largest absolute Gasteiger partial charge is 0.310 e. The van der Waals surface area contributed by atoms with Gasteiger partial charge in [0.05, 0.1) is 0 Å². The fourth-order valence-electron chi connectivity index (χ4n) is 1.98. The summed E-state index contributed by atoms with van der Waals surface area (Å²) in [6, 6.07) is 9.30. The van der Waals surface area contributed by atoms with Gasteiger partial charge in [-0.05, 0) is 31.0 Å². The number of hydrogen-bond donors (Lipinski definition) is 1. The van der Waals surface area contributed by atoms with Crippen molar-refractivity contribution in [2.75, 3.05) is 6.54 Å². The first-order chi connectivity index (χ1) is 8.48. The number of benzene rings is 1. The summed E-state index contributed by atoms with van der Waals surface area (Å²) >= 11 is 1.96. The minimum Gasteiger partial charge on any atom is -0.310 e. The van der Waals surface area contributed by atoms with Crippen LogP contribution in [-0.4, -0.2) is 11.3 Å². The zero-order valence-corrected chi connectivity index (χ0v) is 13.2. The second kappa shape index (κ2) is 7.20. The van der Waals surface area contributed by atoms with E-state index >= 15 is 0 Å². The van der Waals surface area contributed by atoms with Crippen LogP contribution < -0.4 is 5.32 Å². The highest BCUT2D eigenvalue weighted by molar-refractivity contribution is 8.00. The molecule has 1 aromatic rings. The maximum atomic E-state index is 3.65. The second-order valence-electron chi connectivity index (χ2n) is 5.67. The van der Waals surface area contributed by atoms with Crippen LogP contribution >= 0.6 is 11.8 Å². The van der Waals surface area contributed by atoms with Crippen LogP contribution in [0.3, 0.4) is 0 Å². The standard InChI is InChI=1S/C16H27NS/c1-6-12-17-14(7-2)13-10-8-9-11-15(13)18-16(3,4)5/h8-11,14,17H,6-7,12H2,1-5H3. The van der Waals surface area contributed by atoms with E-state index in [9.17, 15) is 0 Å². The van der Waals surface area contributed by atoms with Crippen molar-refractivity contribution in [1.82, 2.24) is 5.32 Å². The van der Waals surface area contributed by atoms with Crippen LogP contribution in [0, 0.1) is 0 Å². The van der Waals surface area contributed by atoms with Crippen LogP contribution in [0.2, 0.25) is 0 Å². The van der Waals surface area contributed by atoms with E-state index in [1.807, 2.05) is 11.8 Å². The monoisotopic (exact) mass is 265 g/mol. The Bertz CT molecular complexity index is 354. The molecule has 2 heteroatoms. The molecule has 0 heterocycles. The smallest absolute Gasteiger partial charge is 0.0328 e. The number of rotatable bonds is 6. The van der Waals surface area contributed by atoms with Crippen LogP contribution in [0.1, 0.15) is 59.1 Å². The summed E-state index contributed by atoms with van der Waals surface area (Å²) in [6.45, 7) is 12.4. The first kappa shape index (κ1) is 15.6. The van der Waals surface area contributed by atoms with Gasteiger partial charge in [0.25, 0.3) is 0 Å². The molecular weight excluding hydrogens is 238 g/mol. The van der Waals surface area contributed by atoms with Gasteiger partial charge in [-0.3, -0.25) is 0 Å². The summed E-state index contributed by atoms with van der Waals surface area (Å²) in [5, 5.41) is 3.65. The Hall–Kier alpha value is -0.470. The van der Waals surface area contributed by atoms with Crippen LogP contribution in [0.15, 0.2) is 29.2 Å². The summed E-state index contributed by atoms with van der Waals surface area (Å²) in [6.07, 6.45) is 2.33. The molecule has 0 fully saturated rings. The quantitative estimate of drug-likeness (QED) is 0.724. The highest BCUT2D eigenvalue weighted by Gasteiger charge is 2.18. The minimum absolute atomic E-state index is 0.263. The lowest BCUT2D eigenvalue weighted by atomic mass is 10.0. The van der Waals surface area contributed by atoms with E-state index in [2.05, 4.69) is 64.2 Å². The molecule has 1 rings (SSSR count). The summed E-state index contributed by atoms with van der Waals surface area (Å²) in [5.41, 5.74) is 1.45. The second-order valence-corrected chi connectivity index (χ2v) is 7.54. The Morgan fingerprint density at radius 1 is 1.17 bits per heavy atom. The molecule has 0 aromatic heterocycles. The van der Waals surface area contributed by atoms with E-state index < -0.39 is 0 Å². The summed E-state index contributed by atoms with van der Waals surface area (Å²) in [7, 11) is 0. The molecule has 0 bridgehead atoms. The SMILES string of the molecule is CCCNC(CC)c1ccccc1SC(C)(C)C. The number of nitrogens with one attached hydrogen (secondary N) is 1. The Morgan fingerprint density at radius 2 is 1.83 bits per heavy atom. The lowest BCUT2D eigenvalue weighted by molar-refractivity contribution is 0.512. The normalized spacial score (nSPS) is 13.6. The van der Waals surface area contributed by atoms with Gasteiger partial charge in [0, 0.05) is 15.7 Å². The third kappa shape index (κ3) is 5.03. The van der Waals surface area contributed by atoms with E-state index in [1.54, 1.807) is 0 Å². The highest BCUT2D eigenvalue weighted by atomic mass is 32.2. The zero-order valence-electron chi connectivity index (χ0n) is 12.4. The molecule has 18 heavy (non-hydrogen) atoms. The van der Waals surface area contributed by atoms with Crippen molar-refractivity contribution >= 4 is 11.8 Å². The fraction of sp³-hybridized carbons (Fsp3) is 0.625. The van der Waals surface area contributed by atoms with E-state index in [-0.39, 0.29) is 4.75 Å². The van der Waals surface area contributed by atoms with Gasteiger partial charge >= 0.3 is 0 Å². The average Bonchev–Trinajstić information content (AvgIpc) is 2.30. The Morgan fingerprint density at radius 3 is 2.39 bits per heavy atom. The summed E-state index contributed by atoms with van der Waals surface area (Å²) < 4.78 is 0.263. The molecule has 1 nitrogen and oxygen atoms in total. The van der Waals surface area contributed by atoms with Crippen molar-refractivity contribution in [1.29, 1.82) is 0 Å². The maximum absolute atomic E-state index is 3.65. The average molecular weight is 265 g/mol. The van der Waals surface area contributed by atoms with E-state index in [1.165, 1.54) is 16.9 Å². The lowest BCUT2D eigenvalue weighted by Crippen LogP contribution is -2.22. The Kier molecular flexibility index (Phi) is 6.24. The predicted molar refractivity (Wildman–Crippen MR) is 83.4 cm³/mol. The molecule has 0 saturated carbocycles. The zero-order chi connectivity index (χ0) is 13.6. The van der Waals surface area contributed by atoms with Crippen LogP contribution in [0.4, 0.5) is 0 Å². The molecule has 1 N–H and O–H groups in total. The van der Waals surface area contributed by atoms with Gasteiger partial charge in [-0.15, -0.1) is 11.8 Å². The molecule has 0 aliphatic rings. The van der Waals surface area contributed by atoms with Crippen molar-refractivity contribution in [3.8, 4) is 0 Å². The van der Waals surface area contributed by atoms with Crippen LogP contribution in [0.5, 0.6) is 0 Å². The van der Waals surface area contributed by atoms with Crippen molar-refractivity contribution in [3.05, 3.63) is 29.8 Å². The fourth-order valence-corrected chi connectivity index (χ4v) is 3.12. The van der Waals surface area contributed by atoms with Crippen molar-refractivity contribution in [3.63, 3.8) is 0 Å². The predicted octanol–water partition coefficient (Wildman–Crippen LogP) is 5.03. The van der Waals surface area contributed by atoms with Crippen LogP contribution in [-0.2, 0) is 0 Å². The molecule has 102 valence electrons. The van der Waals surface area contributed by atoms with E-state index in [0.717, 1.165) is 13.0 Å². The maximum Gasteiger partial charge on any atom is 0.0328 e. The first-order valence-electron chi connectivity index (χ1n) is 6.99. The van der Waals surface area contributed by atoms with Crippen molar-refractivity contribution in [2.24, 2.45) is 0 Å². The van der Waals surface area contributed by atoms with Crippen LogP contribution in [0.25, 0.3) is 0 Å². The highest BCUT2D eigenvalue weighted by Crippen LogP contribution is 2.36. The third-order valence-electron chi connectivity index (χ3n) is 2.76. The Balaban J connectivity index is 2.91. The molecule has 0 aliphatic heterocycles. The summed E-state index contributed by atoms with van der Waals surface area (Å²) in [4.78, 5) is 1.42. The van der Waals surface area contributed by atoms with E-state index in [0.29, 0.717) is 6.04 Å². The van der Waals surface area contributed by atoms with Gasteiger partial charge in [0.15, 0.2) is 0 Å². The van der Waals surface area contributed by atoms with Gasteiger partial charge < -0.3 is 5.32 Å². The van der Waals surface area contributed by atoms with Gasteiger partial charge in [-0.2, -0.15) is 0 Å². The molecule has 0 radical (unpaired) electrons. The number of hydrogen-bond acceptors (Lipinski definition) is 2. The number of thioether (sulfide) groups is 1. The van der Waals surface area contributed by atoms with Gasteiger partial charge in [0.2, 0.25) is 0 Å². The third-order valence-corrected chi connectivity index (χ3v) is 3.96. The molecule has 0 saturated heterocycles. The first-order valence-corrected chi connectivity index (χ1v) is 7.81. The van der Waals surface area contributed by atoms with Gasteiger partial charge in [0.1, 0.15) is 0 Å². The molecular formula is C16H27NS. The Labute approximate surface area is 117 Å². The van der Waals surface area contributed by atoms with Gasteiger partial charge in [-0.25, -0.2) is 0 Å². The molecule has 1 unspecified atom stereocenters. The minimum atomic E-state index is 0.263. The molecule has 1 aromatic carbocycles. The topological polar surface area (TPSA) is 12.0 Å². The van der Waals surface area contributed by atoms with Crippen molar-refractivity contribution in [2.45, 2.75) is 63.1 Å². The lowest BCUT2D eigenvalue weighted by Gasteiger charge is -2.24. The molecule has 0 aliphatic carbocycles. The van der Waals surface area contributed by atoms with E-state index in [4.69, 9.17) is 0 Å². The molecule has 1 atom stereocenters.